The molecule has 0 radical (unpaired) electrons. The molecule has 2 aromatic carbocycles. The van der Waals surface area contributed by atoms with Crippen LogP contribution in [0, 0.1) is 6.92 Å². The van der Waals surface area contributed by atoms with Gasteiger partial charge in [-0.05, 0) is 37.3 Å². The number of fused-ring (bicyclic) bond motifs is 1. The Labute approximate surface area is 166 Å². The van der Waals surface area contributed by atoms with Crippen molar-refractivity contribution >= 4 is 10.8 Å². The molecule has 0 fully saturated rings. The molecule has 0 atom stereocenters. The highest BCUT2D eigenvalue weighted by Crippen LogP contribution is 2.28. The van der Waals surface area contributed by atoms with Crippen LogP contribution in [0.5, 0.6) is 0 Å². The molecule has 5 rings (SSSR count). The number of hydrogen-bond donors (Lipinski definition) is 0. The molecule has 3 heterocycles. The Morgan fingerprint density at radius 2 is 1.66 bits per heavy atom. The third-order valence-corrected chi connectivity index (χ3v) is 4.79. The van der Waals surface area contributed by atoms with Crippen molar-refractivity contribution in [2.75, 3.05) is 0 Å². The summed E-state index contributed by atoms with van der Waals surface area (Å²) >= 11 is 0. The number of benzene rings is 2. The van der Waals surface area contributed by atoms with Crippen LogP contribution in [0.25, 0.3) is 39.4 Å². The van der Waals surface area contributed by atoms with E-state index in [2.05, 4.69) is 15.1 Å². The van der Waals surface area contributed by atoms with Gasteiger partial charge in [0.2, 0.25) is 5.82 Å². The van der Waals surface area contributed by atoms with Gasteiger partial charge in [0.1, 0.15) is 5.69 Å². The van der Waals surface area contributed by atoms with Crippen molar-refractivity contribution in [2.45, 2.75) is 6.92 Å². The first-order valence-corrected chi connectivity index (χ1v) is 9.17. The highest BCUT2D eigenvalue weighted by molar-refractivity contribution is 5.94. The molecule has 0 aliphatic rings. The number of nitrogens with zero attached hydrogens (tertiary/aromatic N) is 4. The first-order chi connectivity index (χ1) is 14.2. The summed E-state index contributed by atoms with van der Waals surface area (Å²) < 4.78 is 7.16. The second-order valence-corrected chi connectivity index (χ2v) is 6.74. The van der Waals surface area contributed by atoms with Crippen molar-refractivity contribution in [2.24, 2.45) is 0 Å². The van der Waals surface area contributed by atoms with E-state index in [-0.39, 0.29) is 5.56 Å². The number of rotatable bonds is 3. The van der Waals surface area contributed by atoms with Crippen LogP contribution >= 0.6 is 0 Å². The fourth-order valence-electron chi connectivity index (χ4n) is 3.29. The third kappa shape index (κ3) is 3.00. The number of hydrogen-bond acceptors (Lipinski definition) is 5. The van der Waals surface area contributed by atoms with Crippen molar-refractivity contribution in [1.29, 1.82) is 0 Å². The van der Waals surface area contributed by atoms with Gasteiger partial charge in [-0.15, -0.1) is 0 Å². The van der Waals surface area contributed by atoms with Crippen molar-refractivity contribution in [3.05, 3.63) is 95.0 Å². The summed E-state index contributed by atoms with van der Waals surface area (Å²) in [6.07, 6.45) is 3.43. The topological polar surface area (TPSA) is 73.8 Å². The summed E-state index contributed by atoms with van der Waals surface area (Å²) in [6.45, 7) is 2.01. The van der Waals surface area contributed by atoms with E-state index < -0.39 is 0 Å². The predicted octanol–water partition coefficient (Wildman–Crippen LogP) is 4.41. The van der Waals surface area contributed by atoms with Gasteiger partial charge in [-0.3, -0.25) is 14.3 Å². The standard InChI is InChI=1S/C23H16N4O2/c1-15-9-11-16(12-10-15)27-14-19(17-6-2-3-7-18(17)23(27)28)22-25-21(26-29-22)20-8-4-5-13-24-20/h2-14H,1H3. The predicted molar refractivity (Wildman–Crippen MR) is 111 cm³/mol. The highest BCUT2D eigenvalue weighted by Gasteiger charge is 2.17. The molecule has 6 nitrogen and oxygen atoms in total. The van der Waals surface area contributed by atoms with Gasteiger partial charge in [0.25, 0.3) is 11.4 Å². The summed E-state index contributed by atoms with van der Waals surface area (Å²) in [5.41, 5.74) is 3.11. The van der Waals surface area contributed by atoms with E-state index in [1.165, 1.54) is 0 Å². The number of pyridine rings is 2. The maximum atomic E-state index is 13.1. The monoisotopic (exact) mass is 380 g/mol. The zero-order valence-corrected chi connectivity index (χ0v) is 15.6. The van der Waals surface area contributed by atoms with E-state index in [1.807, 2.05) is 73.7 Å². The fraction of sp³-hybridized carbons (Fsp3) is 0.0435. The van der Waals surface area contributed by atoms with E-state index in [1.54, 1.807) is 17.0 Å². The lowest BCUT2D eigenvalue weighted by Crippen LogP contribution is -2.18. The molecule has 140 valence electrons. The van der Waals surface area contributed by atoms with Gasteiger partial charge in [0.05, 0.1) is 5.56 Å². The van der Waals surface area contributed by atoms with Gasteiger partial charge in [0, 0.05) is 28.9 Å². The van der Waals surface area contributed by atoms with Crippen LogP contribution in [0.15, 0.2) is 88.4 Å². The molecule has 0 amide bonds. The lowest BCUT2D eigenvalue weighted by atomic mass is 10.1. The zero-order valence-electron chi connectivity index (χ0n) is 15.6. The van der Waals surface area contributed by atoms with Crippen LogP contribution in [0.4, 0.5) is 0 Å². The summed E-state index contributed by atoms with van der Waals surface area (Å²) in [5.74, 6) is 0.737. The summed E-state index contributed by atoms with van der Waals surface area (Å²) in [6, 6.07) is 20.7. The first-order valence-electron chi connectivity index (χ1n) is 9.17. The minimum absolute atomic E-state index is 0.0994. The maximum absolute atomic E-state index is 13.1. The molecule has 0 unspecified atom stereocenters. The Kier molecular flexibility index (Phi) is 4.02. The minimum atomic E-state index is -0.0994. The Bertz CT molecular complexity index is 1370. The Hall–Kier alpha value is -4.06. The first kappa shape index (κ1) is 17.1. The molecular formula is C23H16N4O2. The van der Waals surface area contributed by atoms with Gasteiger partial charge in [-0.1, -0.05) is 47.1 Å². The fourth-order valence-corrected chi connectivity index (χ4v) is 3.29. The van der Waals surface area contributed by atoms with E-state index in [9.17, 15) is 4.79 Å². The molecule has 5 aromatic rings. The Balaban J connectivity index is 1.74. The van der Waals surface area contributed by atoms with Gasteiger partial charge in [-0.2, -0.15) is 4.98 Å². The molecule has 0 spiro atoms. The van der Waals surface area contributed by atoms with Crippen molar-refractivity contribution in [3.8, 4) is 28.7 Å². The SMILES string of the molecule is Cc1ccc(-n2cc(-c3nc(-c4ccccn4)no3)c3ccccc3c2=O)cc1. The van der Waals surface area contributed by atoms with Crippen molar-refractivity contribution in [1.82, 2.24) is 19.7 Å². The van der Waals surface area contributed by atoms with Crippen LogP contribution in [0.3, 0.4) is 0 Å². The lowest BCUT2D eigenvalue weighted by molar-refractivity contribution is 0.432. The summed E-state index contributed by atoms with van der Waals surface area (Å²) in [7, 11) is 0. The molecule has 0 saturated heterocycles. The van der Waals surface area contributed by atoms with Crippen LogP contribution in [-0.2, 0) is 0 Å². The van der Waals surface area contributed by atoms with E-state index >= 15 is 0 Å². The molecular weight excluding hydrogens is 364 g/mol. The summed E-state index contributed by atoms with van der Waals surface area (Å²) in [4.78, 5) is 21.9. The quantitative estimate of drug-likeness (QED) is 0.463. The van der Waals surface area contributed by atoms with E-state index in [0.29, 0.717) is 28.4 Å². The molecule has 0 aliphatic carbocycles. The maximum Gasteiger partial charge on any atom is 0.262 e. The second-order valence-electron chi connectivity index (χ2n) is 6.74. The van der Waals surface area contributed by atoms with Gasteiger partial charge in [-0.25, -0.2) is 0 Å². The zero-order chi connectivity index (χ0) is 19.8. The highest BCUT2D eigenvalue weighted by atomic mass is 16.5. The molecule has 3 aromatic heterocycles. The van der Waals surface area contributed by atoms with Crippen LogP contribution in [0.1, 0.15) is 5.56 Å². The minimum Gasteiger partial charge on any atom is -0.333 e. The van der Waals surface area contributed by atoms with Crippen LogP contribution in [-0.4, -0.2) is 19.7 Å². The van der Waals surface area contributed by atoms with E-state index in [4.69, 9.17) is 4.52 Å². The van der Waals surface area contributed by atoms with Gasteiger partial charge in [0.15, 0.2) is 0 Å². The number of aromatic nitrogens is 4. The molecule has 0 saturated carbocycles. The van der Waals surface area contributed by atoms with Crippen LogP contribution < -0.4 is 5.56 Å². The Morgan fingerprint density at radius 3 is 2.41 bits per heavy atom. The average Bonchev–Trinajstić information content (AvgIpc) is 3.26. The molecule has 0 N–H and O–H groups in total. The van der Waals surface area contributed by atoms with E-state index in [0.717, 1.165) is 16.6 Å². The normalized spacial score (nSPS) is 11.1. The van der Waals surface area contributed by atoms with Crippen molar-refractivity contribution in [3.63, 3.8) is 0 Å². The van der Waals surface area contributed by atoms with Gasteiger partial charge >= 0.3 is 0 Å². The largest absolute Gasteiger partial charge is 0.333 e. The third-order valence-electron chi connectivity index (χ3n) is 4.79. The average molecular weight is 380 g/mol. The molecule has 0 bridgehead atoms. The second kappa shape index (κ2) is 6.83. The molecule has 29 heavy (non-hydrogen) atoms. The number of aryl methyl sites for hydroxylation is 1. The smallest absolute Gasteiger partial charge is 0.262 e. The van der Waals surface area contributed by atoms with Crippen LogP contribution in [0.2, 0.25) is 0 Å². The Morgan fingerprint density at radius 1 is 0.897 bits per heavy atom. The molecule has 6 heteroatoms. The molecule has 0 aliphatic heterocycles. The van der Waals surface area contributed by atoms with Gasteiger partial charge < -0.3 is 4.52 Å². The van der Waals surface area contributed by atoms with Crippen molar-refractivity contribution < 1.29 is 4.52 Å². The summed E-state index contributed by atoms with van der Waals surface area (Å²) in [5, 5.41) is 5.42. The lowest BCUT2D eigenvalue weighted by Gasteiger charge is -2.10.